The number of hydrogen-bond acceptors (Lipinski definition) is 6. The van der Waals surface area contributed by atoms with E-state index in [1.807, 2.05) is 11.6 Å². The Morgan fingerprint density at radius 3 is 2.50 bits per heavy atom. The van der Waals surface area contributed by atoms with Gasteiger partial charge in [-0.2, -0.15) is 4.31 Å². The zero-order chi connectivity index (χ0) is 25.4. The Hall–Kier alpha value is -2.83. The summed E-state index contributed by atoms with van der Waals surface area (Å²) in [5, 5.41) is 3.07. The fourth-order valence-corrected chi connectivity index (χ4v) is 5.95. The highest BCUT2D eigenvalue weighted by atomic mass is 35.5. The van der Waals surface area contributed by atoms with Crippen LogP contribution < -0.4 is 5.32 Å². The SMILES string of the molecule is CN1CCn2c(-c3ccc(Cl)cc3F)nc(C(=O)Nc3ccc(S(=O)(=O)N4CCOCC4)cc3)c2C1. The molecule has 36 heavy (non-hydrogen) atoms. The van der Waals surface area contributed by atoms with Gasteiger partial charge in [-0.3, -0.25) is 9.69 Å². The monoisotopic (exact) mass is 533 g/mol. The molecule has 0 atom stereocenters. The average Bonchev–Trinajstić information content (AvgIpc) is 3.23. The lowest BCUT2D eigenvalue weighted by molar-refractivity contribution is 0.0730. The number of hydrogen-bond donors (Lipinski definition) is 1. The van der Waals surface area contributed by atoms with Crippen molar-refractivity contribution >= 4 is 33.2 Å². The second kappa shape index (κ2) is 9.91. The van der Waals surface area contributed by atoms with Crippen LogP contribution in [0.4, 0.5) is 10.1 Å². The topological polar surface area (TPSA) is 96.8 Å². The minimum atomic E-state index is -3.64. The van der Waals surface area contributed by atoms with Crippen LogP contribution in [0.3, 0.4) is 0 Å². The molecule has 0 aliphatic carbocycles. The molecule has 3 heterocycles. The predicted molar refractivity (Wildman–Crippen MR) is 133 cm³/mol. The van der Waals surface area contributed by atoms with Crippen LogP contribution in [-0.2, 0) is 27.8 Å². The molecule has 3 aromatic rings. The average molecular weight is 534 g/mol. The highest BCUT2D eigenvalue weighted by Gasteiger charge is 2.29. The van der Waals surface area contributed by atoms with Gasteiger partial charge in [0.1, 0.15) is 11.6 Å². The summed E-state index contributed by atoms with van der Waals surface area (Å²) in [7, 11) is -1.70. The predicted octanol–water partition coefficient (Wildman–Crippen LogP) is 3.06. The third-order valence-electron chi connectivity index (χ3n) is 6.30. The van der Waals surface area contributed by atoms with E-state index < -0.39 is 21.7 Å². The molecule has 2 aromatic carbocycles. The van der Waals surface area contributed by atoms with Crippen LogP contribution in [0.25, 0.3) is 11.4 Å². The van der Waals surface area contributed by atoms with Crippen molar-refractivity contribution in [2.45, 2.75) is 18.0 Å². The Bertz CT molecular complexity index is 1400. The minimum Gasteiger partial charge on any atom is -0.379 e. The first-order valence-electron chi connectivity index (χ1n) is 11.5. The van der Waals surface area contributed by atoms with E-state index in [1.165, 1.54) is 22.5 Å². The Morgan fingerprint density at radius 1 is 1.08 bits per heavy atom. The number of morpholine rings is 1. The van der Waals surface area contributed by atoms with Gasteiger partial charge < -0.3 is 14.6 Å². The van der Waals surface area contributed by atoms with Crippen LogP contribution in [0, 0.1) is 5.82 Å². The van der Waals surface area contributed by atoms with Crippen LogP contribution >= 0.6 is 11.6 Å². The maximum absolute atomic E-state index is 14.7. The summed E-state index contributed by atoms with van der Waals surface area (Å²) in [4.78, 5) is 20.0. The molecular weight excluding hydrogens is 509 g/mol. The van der Waals surface area contributed by atoms with Gasteiger partial charge in [-0.15, -0.1) is 0 Å². The van der Waals surface area contributed by atoms with Gasteiger partial charge >= 0.3 is 0 Å². The van der Waals surface area contributed by atoms with E-state index in [0.717, 1.165) is 6.54 Å². The van der Waals surface area contributed by atoms with E-state index in [4.69, 9.17) is 16.3 Å². The Morgan fingerprint density at radius 2 is 1.81 bits per heavy atom. The number of sulfonamides is 1. The zero-order valence-electron chi connectivity index (χ0n) is 19.6. The molecule has 0 spiro atoms. The lowest BCUT2D eigenvalue weighted by Gasteiger charge is -2.26. The van der Waals surface area contributed by atoms with Crippen molar-refractivity contribution < 1.29 is 22.3 Å². The van der Waals surface area contributed by atoms with Gasteiger partial charge in [0.05, 0.1) is 29.4 Å². The van der Waals surface area contributed by atoms with E-state index in [0.29, 0.717) is 56.6 Å². The van der Waals surface area contributed by atoms with Crippen LogP contribution in [0.15, 0.2) is 47.4 Å². The van der Waals surface area contributed by atoms with Crippen molar-refractivity contribution in [1.82, 2.24) is 18.8 Å². The van der Waals surface area contributed by atoms with Gasteiger partial charge in [-0.1, -0.05) is 11.6 Å². The molecule has 1 saturated heterocycles. The molecule has 190 valence electrons. The number of aromatic nitrogens is 2. The summed E-state index contributed by atoms with van der Waals surface area (Å²) in [6.45, 7) is 3.08. The van der Waals surface area contributed by atoms with Gasteiger partial charge in [0, 0.05) is 43.4 Å². The number of imidazole rings is 1. The summed E-state index contributed by atoms with van der Waals surface area (Å²) in [5.74, 6) is -0.610. The smallest absolute Gasteiger partial charge is 0.276 e. The second-order valence-corrected chi connectivity index (χ2v) is 11.1. The highest BCUT2D eigenvalue weighted by Crippen LogP contribution is 2.30. The maximum atomic E-state index is 14.7. The van der Waals surface area contributed by atoms with Gasteiger partial charge in [-0.25, -0.2) is 17.8 Å². The zero-order valence-corrected chi connectivity index (χ0v) is 21.1. The number of nitrogens with one attached hydrogen (secondary N) is 1. The second-order valence-electron chi connectivity index (χ2n) is 8.74. The van der Waals surface area contributed by atoms with E-state index in [-0.39, 0.29) is 21.2 Å². The number of fused-ring (bicyclic) bond motifs is 1. The fourth-order valence-electron chi connectivity index (χ4n) is 4.39. The molecular formula is C24H25ClFN5O4S. The summed E-state index contributed by atoms with van der Waals surface area (Å²) in [6, 6.07) is 10.4. The molecule has 2 aliphatic heterocycles. The van der Waals surface area contributed by atoms with Crippen molar-refractivity contribution in [3.63, 3.8) is 0 Å². The van der Waals surface area contributed by atoms with Crippen LogP contribution in [0.2, 0.25) is 5.02 Å². The first-order chi connectivity index (χ1) is 17.2. The quantitative estimate of drug-likeness (QED) is 0.541. The number of anilines is 1. The van der Waals surface area contributed by atoms with Gasteiger partial charge in [-0.05, 0) is 49.5 Å². The number of carbonyl (C=O) groups is 1. The number of nitrogens with zero attached hydrogens (tertiary/aromatic N) is 4. The molecule has 1 N–H and O–H groups in total. The highest BCUT2D eigenvalue weighted by molar-refractivity contribution is 7.89. The number of halogens is 2. The third-order valence-corrected chi connectivity index (χ3v) is 8.45. The van der Waals surface area contributed by atoms with Crippen LogP contribution in [0.5, 0.6) is 0 Å². The Labute approximate surface area is 213 Å². The largest absolute Gasteiger partial charge is 0.379 e. The lowest BCUT2D eigenvalue weighted by atomic mass is 10.2. The lowest BCUT2D eigenvalue weighted by Crippen LogP contribution is -2.40. The van der Waals surface area contributed by atoms with Gasteiger partial charge in [0.2, 0.25) is 10.0 Å². The molecule has 1 amide bonds. The van der Waals surface area contributed by atoms with Crippen molar-refractivity contribution in [1.29, 1.82) is 0 Å². The molecule has 0 saturated carbocycles. The van der Waals surface area contributed by atoms with E-state index in [1.54, 1.807) is 24.3 Å². The van der Waals surface area contributed by atoms with Crippen LogP contribution in [0.1, 0.15) is 16.2 Å². The van der Waals surface area contributed by atoms with E-state index in [9.17, 15) is 17.6 Å². The van der Waals surface area contributed by atoms with Crippen molar-refractivity contribution in [2.24, 2.45) is 0 Å². The number of amides is 1. The van der Waals surface area contributed by atoms with Crippen molar-refractivity contribution in [3.8, 4) is 11.4 Å². The number of carbonyl (C=O) groups excluding carboxylic acids is 1. The standard InChI is InChI=1S/C24H25ClFN5O4S/c1-29-8-9-31-21(15-29)22(28-23(31)19-7-2-16(25)14-20(19)26)24(32)27-17-3-5-18(6-4-17)36(33,34)30-10-12-35-13-11-30/h2-7,14H,8-13,15H2,1H3,(H,27,32). The molecule has 0 unspecified atom stereocenters. The number of ether oxygens (including phenoxy) is 1. The first-order valence-corrected chi connectivity index (χ1v) is 13.3. The minimum absolute atomic E-state index is 0.142. The number of rotatable bonds is 5. The van der Waals surface area contributed by atoms with Crippen molar-refractivity contribution in [3.05, 3.63) is 64.7 Å². The summed E-state index contributed by atoms with van der Waals surface area (Å²) in [6.07, 6.45) is 0. The molecule has 1 aromatic heterocycles. The Balaban J connectivity index is 1.41. The Kier molecular flexibility index (Phi) is 6.84. The number of benzene rings is 2. The fraction of sp³-hybridized carbons (Fsp3) is 0.333. The van der Waals surface area contributed by atoms with Gasteiger partial charge in [0.15, 0.2) is 5.69 Å². The molecule has 1 fully saturated rings. The normalized spacial score (nSPS) is 17.1. The summed E-state index contributed by atoms with van der Waals surface area (Å²) in [5.41, 5.74) is 1.56. The first kappa shape index (κ1) is 24.8. The van der Waals surface area contributed by atoms with Crippen molar-refractivity contribution in [2.75, 3.05) is 45.2 Å². The molecule has 0 radical (unpaired) electrons. The molecule has 2 aliphatic rings. The molecule has 12 heteroatoms. The van der Waals surface area contributed by atoms with Crippen LogP contribution in [-0.4, -0.2) is 73.0 Å². The summed E-state index contributed by atoms with van der Waals surface area (Å²) >= 11 is 5.91. The van der Waals surface area contributed by atoms with E-state index in [2.05, 4.69) is 15.2 Å². The maximum Gasteiger partial charge on any atom is 0.276 e. The van der Waals surface area contributed by atoms with Gasteiger partial charge in [0.25, 0.3) is 5.91 Å². The summed E-state index contributed by atoms with van der Waals surface area (Å²) < 4.78 is 48.9. The number of likely N-dealkylation sites (N-methyl/N-ethyl adjacent to an activating group) is 1. The van der Waals surface area contributed by atoms with E-state index >= 15 is 0 Å². The molecule has 5 rings (SSSR count). The molecule has 9 nitrogen and oxygen atoms in total. The third kappa shape index (κ3) is 4.76. The molecule has 0 bridgehead atoms.